The summed E-state index contributed by atoms with van der Waals surface area (Å²) in [6, 6.07) is 32.9. The van der Waals surface area contributed by atoms with Gasteiger partial charge in [0.05, 0.1) is 11.4 Å². The zero-order valence-corrected chi connectivity index (χ0v) is 22.6. The number of para-hydroxylation sites is 1. The van der Waals surface area contributed by atoms with Gasteiger partial charge in [-0.2, -0.15) is 0 Å². The quantitative estimate of drug-likeness (QED) is 0.229. The predicted molar refractivity (Wildman–Crippen MR) is 163 cm³/mol. The standard InChI is InChI=1S/C35H30N4O2/c40-32(36-28-11-5-2-6-12-28)20-16-25-15-19-30-31(23-25)38-35(41)33(30)34(27-9-3-1-4-10-27)37-29-17-13-26(14-18-29)24-39-21-7-8-22-39/h1-6,9-15,17-19,23,33H,7-8,21-22,24H2,(H,36,40)(H,38,41). The molecule has 1 saturated heterocycles. The van der Waals surface area contributed by atoms with Crippen LogP contribution in [0.4, 0.5) is 17.1 Å². The van der Waals surface area contributed by atoms with Crippen LogP contribution in [0.25, 0.3) is 0 Å². The highest BCUT2D eigenvalue weighted by molar-refractivity contribution is 6.24. The molecular weight excluding hydrogens is 508 g/mol. The second kappa shape index (κ2) is 12.0. The Bertz CT molecular complexity index is 1650. The molecule has 1 fully saturated rings. The first-order valence-corrected chi connectivity index (χ1v) is 13.9. The summed E-state index contributed by atoms with van der Waals surface area (Å²) in [6.45, 7) is 3.26. The van der Waals surface area contributed by atoms with Crippen molar-refractivity contribution in [2.75, 3.05) is 23.7 Å². The Labute approximate surface area is 240 Å². The molecule has 2 heterocycles. The summed E-state index contributed by atoms with van der Waals surface area (Å²) in [4.78, 5) is 33.1. The number of carbonyl (C=O) groups excluding carboxylic acids is 2. The highest BCUT2D eigenvalue weighted by atomic mass is 16.2. The van der Waals surface area contributed by atoms with Gasteiger partial charge in [-0.1, -0.05) is 72.7 Å². The first-order chi connectivity index (χ1) is 20.1. The van der Waals surface area contributed by atoms with E-state index < -0.39 is 11.8 Å². The second-order valence-electron chi connectivity index (χ2n) is 10.3. The van der Waals surface area contributed by atoms with Gasteiger partial charge < -0.3 is 10.6 Å². The first-order valence-electron chi connectivity index (χ1n) is 13.9. The lowest BCUT2D eigenvalue weighted by Gasteiger charge is -2.15. The maximum atomic E-state index is 13.4. The normalized spacial score (nSPS) is 16.4. The number of hydrogen-bond donors (Lipinski definition) is 2. The molecule has 6 heteroatoms. The molecular formula is C35H30N4O2. The zero-order chi connectivity index (χ0) is 28.0. The minimum atomic E-state index is -0.569. The number of hydrogen-bond acceptors (Lipinski definition) is 4. The molecule has 6 nitrogen and oxygen atoms in total. The van der Waals surface area contributed by atoms with Crippen LogP contribution in [0.15, 0.2) is 108 Å². The van der Waals surface area contributed by atoms with Crippen molar-refractivity contribution in [3.63, 3.8) is 0 Å². The van der Waals surface area contributed by atoms with Crippen molar-refractivity contribution in [3.8, 4) is 11.8 Å². The van der Waals surface area contributed by atoms with Crippen molar-refractivity contribution in [3.05, 3.63) is 125 Å². The van der Waals surface area contributed by atoms with Crippen molar-refractivity contribution in [1.29, 1.82) is 0 Å². The number of anilines is 2. The summed E-state index contributed by atoms with van der Waals surface area (Å²) < 4.78 is 0. The predicted octanol–water partition coefficient (Wildman–Crippen LogP) is 6.13. The van der Waals surface area contributed by atoms with Gasteiger partial charge in [0.25, 0.3) is 0 Å². The van der Waals surface area contributed by atoms with Crippen molar-refractivity contribution in [2.24, 2.45) is 4.99 Å². The van der Waals surface area contributed by atoms with Gasteiger partial charge in [0.1, 0.15) is 5.92 Å². The number of carbonyl (C=O) groups is 2. The summed E-state index contributed by atoms with van der Waals surface area (Å²) in [5.41, 5.74) is 6.49. The first kappa shape index (κ1) is 26.2. The molecule has 4 aromatic carbocycles. The van der Waals surface area contributed by atoms with Gasteiger partial charge in [-0.05, 0) is 79.0 Å². The van der Waals surface area contributed by atoms with Crippen LogP contribution in [0, 0.1) is 11.8 Å². The summed E-state index contributed by atoms with van der Waals surface area (Å²) in [5.74, 6) is 4.43. The van der Waals surface area contributed by atoms with Crippen LogP contribution in [0.3, 0.4) is 0 Å². The number of nitrogens with one attached hydrogen (secondary N) is 2. The molecule has 0 aromatic heterocycles. The summed E-state index contributed by atoms with van der Waals surface area (Å²) >= 11 is 0. The van der Waals surface area contributed by atoms with E-state index in [1.807, 2.05) is 78.9 Å². The van der Waals surface area contributed by atoms with Gasteiger partial charge in [0, 0.05) is 29.4 Å². The molecule has 6 rings (SSSR count). The second-order valence-corrected chi connectivity index (χ2v) is 10.3. The maximum absolute atomic E-state index is 13.4. The Morgan fingerprint density at radius 3 is 2.34 bits per heavy atom. The fourth-order valence-corrected chi connectivity index (χ4v) is 5.34. The van der Waals surface area contributed by atoms with E-state index in [2.05, 4.69) is 39.5 Å². The number of nitrogens with zero attached hydrogens (tertiary/aromatic N) is 2. The molecule has 2 aliphatic rings. The molecule has 0 aliphatic carbocycles. The summed E-state index contributed by atoms with van der Waals surface area (Å²) in [7, 11) is 0. The Morgan fingerprint density at radius 1 is 0.902 bits per heavy atom. The third kappa shape index (κ3) is 6.27. The highest BCUT2D eigenvalue weighted by Crippen LogP contribution is 2.37. The Hall–Kier alpha value is -4.99. The van der Waals surface area contributed by atoms with E-state index in [0.717, 1.165) is 36.4 Å². The average Bonchev–Trinajstić information content (AvgIpc) is 3.63. The maximum Gasteiger partial charge on any atom is 0.300 e. The van der Waals surface area contributed by atoms with Crippen molar-refractivity contribution < 1.29 is 9.59 Å². The number of rotatable bonds is 6. The largest absolute Gasteiger partial charge is 0.325 e. The van der Waals surface area contributed by atoms with Gasteiger partial charge in [-0.25, -0.2) is 0 Å². The Morgan fingerprint density at radius 2 is 1.61 bits per heavy atom. The fraction of sp³-hybridized carbons (Fsp3) is 0.171. The van der Waals surface area contributed by atoms with E-state index in [0.29, 0.717) is 22.6 Å². The van der Waals surface area contributed by atoms with E-state index in [9.17, 15) is 9.59 Å². The van der Waals surface area contributed by atoms with Crippen LogP contribution >= 0.6 is 0 Å². The van der Waals surface area contributed by atoms with E-state index in [1.54, 1.807) is 12.1 Å². The molecule has 41 heavy (non-hydrogen) atoms. The van der Waals surface area contributed by atoms with Gasteiger partial charge in [-0.15, -0.1) is 0 Å². The van der Waals surface area contributed by atoms with Crippen LogP contribution in [-0.2, 0) is 16.1 Å². The molecule has 0 radical (unpaired) electrons. The third-order valence-corrected chi connectivity index (χ3v) is 7.37. The monoisotopic (exact) mass is 538 g/mol. The van der Waals surface area contributed by atoms with E-state index in [4.69, 9.17) is 4.99 Å². The van der Waals surface area contributed by atoms with Gasteiger partial charge in [0.15, 0.2) is 0 Å². The van der Waals surface area contributed by atoms with Crippen LogP contribution in [0.1, 0.15) is 41.0 Å². The van der Waals surface area contributed by atoms with E-state index in [1.165, 1.54) is 18.4 Å². The molecule has 1 unspecified atom stereocenters. The molecule has 202 valence electrons. The lowest BCUT2D eigenvalue weighted by molar-refractivity contribution is -0.115. The molecule has 4 aromatic rings. The summed E-state index contributed by atoms with van der Waals surface area (Å²) in [5, 5.41) is 5.76. The molecule has 0 saturated carbocycles. The number of aliphatic imine (C=N–C) groups is 1. The Balaban J connectivity index is 1.26. The topological polar surface area (TPSA) is 73.8 Å². The molecule has 2 aliphatic heterocycles. The molecule has 2 amide bonds. The lowest BCUT2D eigenvalue weighted by Crippen LogP contribution is -2.22. The van der Waals surface area contributed by atoms with Gasteiger partial charge in [0.2, 0.25) is 5.91 Å². The number of likely N-dealkylation sites (tertiary alicyclic amines) is 1. The number of amides is 2. The van der Waals surface area contributed by atoms with Crippen LogP contribution in [0.5, 0.6) is 0 Å². The minimum Gasteiger partial charge on any atom is -0.325 e. The number of benzene rings is 4. The van der Waals surface area contributed by atoms with Crippen molar-refractivity contribution >= 4 is 34.6 Å². The Kier molecular flexibility index (Phi) is 7.70. The molecule has 0 spiro atoms. The minimum absolute atomic E-state index is 0.139. The zero-order valence-electron chi connectivity index (χ0n) is 22.6. The SMILES string of the molecule is O=C(C#Cc1ccc2c(c1)NC(=O)C2C(=Nc1ccc(CN2CCCC2)cc1)c1ccccc1)Nc1ccccc1. The highest BCUT2D eigenvalue weighted by Gasteiger charge is 2.35. The molecule has 1 atom stereocenters. The van der Waals surface area contributed by atoms with Crippen molar-refractivity contribution in [1.82, 2.24) is 4.90 Å². The lowest BCUT2D eigenvalue weighted by atomic mass is 9.90. The van der Waals surface area contributed by atoms with E-state index >= 15 is 0 Å². The number of fused-ring (bicyclic) bond motifs is 1. The summed E-state index contributed by atoms with van der Waals surface area (Å²) in [6.07, 6.45) is 2.54. The van der Waals surface area contributed by atoms with Crippen molar-refractivity contribution in [2.45, 2.75) is 25.3 Å². The molecule has 2 N–H and O–H groups in total. The third-order valence-electron chi connectivity index (χ3n) is 7.37. The van der Waals surface area contributed by atoms with Crippen LogP contribution < -0.4 is 10.6 Å². The average molecular weight is 539 g/mol. The fourth-order valence-electron chi connectivity index (χ4n) is 5.34. The van der Waals surface area contributed by atoms with Gasteiger partial charge in [-0.3, -0.25) is 19.5 Å². The van der Waals surface area contributed by atoms with Gasteiger partial charge >= 0.3 is 5.91 Å². The van der Waals surface area contributed by atoms with Crippen LogP contribution in [0.2, 0.25) is 0 Å². The van der Waals surface area contributed by atoms with E-state index in [-0.39, 0.29) is 5.91 Å². The molecule has 0 bridgehead atoms. The smallest absolute Gasteiger partial charge is 0.300 e. The van der Waals surface area contributed by atoms with Crippen LogP contribution in [-0.4, -0.2) is 35.5 Å².